The molecular formula is C13H11BrN2O5S. The molecule has 0 aliphatic carbocycles. The number of methoxy groups -OCH3 is 1. The van der Waals surface area contributed by atoms with E-state index in [4.69, 9.17) is 20.3 Å². The molecule has 3 N–H and O–H groups in total. The van der Waals surface area contributed by atoms with Gasteiger partial charge in [-0.3, -0.25) is 4.79 Å². The Labute approximate surface area is 138 Å². The highest BCUT2D eigenvalue weighted by Gasteiger charge is 2.20. The van der Waals surface area contributed by atoms with Gasteiger partial charge in [-0.2, -0.15) is 4.99 Å². The summed E-state index contributed by atoms with van der Waals surface area (Å²) < 4.78 is 10.9. The smallest absolute Gasteiger partial charge is 0.341 e. The molecule has 0 aromatic heterocycles. The topological polar surface area (TPSA) is 111 Å². The first kappa shape index (κ1) is 16.4. The summed E-state index contributed by atoms with van der Waals surface area (Å²) in [7, 11) is 1.43. The molecule has 2 rings (SSSR count). The molecule has 0 unspecified atom stereocenters. The number of halogens is 1. The van der Waals surface area contributed by atoms with Gasteiger partial charge in [0.15, 0.2) is 23.3 Å². The highest BCUT2D eigenvalue weighted by molar-refractivity contribution is 9.10. The Bertz CT molecular complexity index is 702. The summed E-state index contributed by atoms with van der Waals surface area (Å²) in [4.78, 5) is 26.2. The van der Waals surface area contributed by atoms with Crippen LogP contribution in [0, 0.1) is 0 Å². The Morgan fingerprint density at radius 3 is 2.77 bits per heavy atom. The Balaban J connectivity index is 2.32. The second-order valence-corrected chi connectivity index (χ2v) is 5.99. The minimum absolute atomic E-state index is 0.195. The van der Waals surface area contributed by atoms with Crippen molar-refractivity contribution in [3.05, 3.63) is 27.1 Å². The van der Waals surface area contributed by atoms with Crippen LogP contribution >= 0.6 is 27.7 Å². The summed E-state index contributed by atoms with van der Waals surface area (Å²) in [5.74, 6) is -0.870. The number of nitrogens with zero attached hydrogens (tertiary/aromatic N) is 1. The predicted octanol–water partition coefficient (Wildman–Crippen LogP) is 1.85. The molecule has 116 valence electrons. The van der Waals surface area contributed by atoms with E-state index >= 15 is 0 Å². The van der Waals surface area contributed by atoms with Crippen LogP contribution in [0.15, 0.2) is 26.5 Å². The van der Waals surface area contributed by atoms with E-state index in [0.29, 0.717) is 20.7 Å². The highest BCUT2D eigenvalue weighted by Crippen LogP contribution is 2.36. The van der Waals surface area contributed by atoms with E-state index in [9.17, 15) is 9.59 Å². The third kappa shape index (κ3) is 3.80. The van der Waals surface area contributed by atoms with E-state index in [2.05, 4.69) is 20.9 Å². The van der Waals surface area contributed by atoms with Crippen LogP contribution in [0.25, 0.3) is 6.08 Å². The van der Waals surface area contributed by atoms with Crippen molar-refractivity contribution in [3.8, 4) is 11.5 Å². The normalized spacial score (nSPS) is 15.8. The minimum atomic E-state index is -1.09. The third-order valence-electron chi connectivity index (χ3n) is 2.56. The number of amides is 1. The lowest BCUT2D eigenvalue weighted by molar-refractivity contribution is -0.139. The molecule has 9 heteroatoms. The molecule has 0 saturated carbocycles. The van der Waals surface area contributed by atoms with Gasteiger partial charge in [-0.1, -0.05) is 15.9 Å². The molecule has 0 spiro atoms. The average Bonchev–Trinajstić information content (AvgIpc) is 2.76. The van der Waals surface area contributed by atoms with Crippen LogP contribution in [0.4, 0.5) is 0 Å². The molecule has 1 aromatic rings. The zero-order valence-corrected chi connectivity index (χ0v) is 13.7. The molecule has 1 heterocycles. The number of aliphatic imine (C=N–C) groups is 1. The van der Waals surface area contributed by atoms with Gasteiger partial charge < -0.3 is 20.3 Å². The van der Waals surface area contributed by atoms with Crippen molar-refractivity contribution in [2.45, 2.75) is 0 Å². The lowest BCUT2D eigenvalue weighted by Crippen LogP contribution is -2.10. The van der Waals surface area contributed by atoms with E-state index in [1.54, 1.807) is 18.2 Å². The number of carbonyl (C=O) groups excluding carboxylic acids is 1. The van der Waals surface area contributed by atoms with Crippen LogP contribution in [0.3, 0.4) is 0 Å². The molecule has 22 heavy (non-hydrogen) atoms. The summed E-state index contributed by atoms with van der Waals surface area (Å²) in [6.45, 7) is -0.484. The van der Waals surface area contributed by atoms with Gasteiger partial charge >= 0.3 is 5.97 Å². The molecule has 0 bridgehead atoms. The molecule has 1 aliphatic rings. The fourth-order valence-electron chi connectivity index (χ4n) is 1.64. The summed E-state index contributed by atoms with van der Waals surface area (Å²) in [5, 5.41) is 8.85. The largest absolute Gasteiger partial charge is 0.493 e. The molecule has 0 atom stereocenters. The van der Waals surface area contributed by atoms with Gasteiger partial charge in [0.1, 0.15) is 0 Å². The average molecular weight is 387 g/mol. The molecule has 1 aromatic carbocycles. The van der Waals surface area contributed by atoms with E-state index in [1.807, 2.05) is 0 Å². The number of rotatable bonds is 5. The predicted molar refractivity (Wildman–Crippen MR) is 86.0 cm³/mol. The van der Waals surface area contributed by atoms with Gasteiger partial charge in [0.05, 0.1) is 12.0 Å². The number of nitrogens with two attached hydrogens (primary N) is 1. The van der Waals surface area contributed by atoms with E-state index in [1.165, 1.54) is 7.11 Å². The number of hydrogen-bond acceptors (Lipinski definition) is 6. The SMILES string of the molecule is COc1cc(C=C2SC(N)=NC2=O)c(Br)cc1OCC(=O)O. The first-order valence-corrected chi connectivity index (χ1v) is 7.52. The van der Waals surface area contributed by atoms with Crippen LogP contribution in [-0.4, -0.2) is 35.9 Å². The van der Waals surface area contributed by atoms with Gasteiger partial charge in [0, 0.05) is 4.47 Å². The van der Waals surface area contributed by atoms with E-state index in [-0.39, 0.29) is 10.9 Å². The van der Waals surface area contributed by atoms with Crippen LogP contribution in [0.2, 0.25) is 0 Å². The number of carbonyl (C=O) groups is 2. The van der Waals surface area contributed by atoms with Crippen molar-refractivity contribution < 1.29 is 24.2 Å². The fraction of sp³-hybridized carbons (Fsp3) is 0.154. The molecule has 0 saturated heterocycles. The molecule has 1 amide bonds. The number of hydrogen-bond donors (Lipinski definition) is 2. The first-order chi connectivity index (χ1) is 10.4. The van der Waals surface area contributed by atoms with Gasteiger partial charge in [-0.05, 0) is 35.5 Å². The number of carboxylic acids is 1. The summed E-state index contributed by atoms with van der Waals surface area (Å²) in [5.41, 5.74) is 6.15. The van der Waals surface area contributed by atoms with E-state index in [0.717, 1.165) is 11.8 Å². The second kappa shape index (κ2) is 6.84. The summed E-state index contributed by atoms with van der Waals surface area (Å²) in [6, 6.07) is 3.19. The van der Waals surface area contributed by atoms with Crippen molar-refractivity contribution in [2.24, 2.45) is 10.7 Å². The number of ether oxygens (including phenoxy) is 2. The van der Waals surface area contributed by atoms with Gasteiger partial charge in [0.2, 0.25) is 0 Å². The maximum absolute atomic E-state index is 11.6. The number of carboxylic acid groups (broad SMARTS) is 1. The van der Waals surface area contributed by atoms with Crippen molar-refractivity contribution in [3.63, 3.8) is 0 Å². The maximum Gasteiger partial charge on any atom is 0.341 e. The maximum atomic E-state index is 11.6. The Morgan fingerprint density at radius 1 is 1.50 bits per heavy atom. The Hall–Kier alpha value is -2.00. The van der Waals surface area contributed by atoms with Crippen LogP contribution < -0.4 is 15.2 Å². The summed E-state index contributed by atoms with van der Waals surface area (Å²) in [6.07, 6.45) is 1.62. The standard InChI is InChI=1S/C13H11BrN2O5S/c1-20-8-2-6(3-10-12(19)16-13(15)22-10)7(14)4-9(8)21-5-11(17)18/h2-4H,5H2,1H3,(H,17,18)(H2,15,16,19). The molecular weight excluding hydrogens is 376 g/mol. The molecule has 1 aliphatic heterocycles. The Kier molecular flexibility index (Phi) is 5.09. The minimum Gasteiger partial charge on any atom is -0.493 e. The lowest BCUT2D eigenvalue weighted by Gasteiger charge is -2.11. The van der Waals surface area contributed by atoms with Crippen molar-refractivity contribution >= 4 is 50.8 Å². The molecule has 0 fully saturated rings. The van der Waals surface area contributed by atoms with Crippen molar-refractivity contribution in [2.75, 3.05) is 13.7 Å². The number of amidine groups is 1. The van der Waals surface area contributed by atoms with Crippen molar-refractivity contribution in [1.82, 2.24) is 0 Å². The highest BCUT2D eigenvalue weighted by atomic mass is 79.9. The quantitative estimate of drug-likeness (QED) is 0.742. The fourth-order valence-corrected chi connectivity index (χ4v) is 2.75. The van der Waals surface area contributed by atoms with Crippen LogP contribution in [0.5, 0.6) is 11.5 Å². The van der Waals surface area contributed by atoms with E-state index < -0.39 is 18.5 Å². The second-order valence-electron chi connectivity index (χ2n) is 4.07. The number of aliphatic carboxylic acids is 1. The van der Waals surface area contributed by atoms with Crippen molar-refractivity contribution in [1.29, 1.82) is 0 Å². The molecule has 0 radical (unpaired) electrons. The van der Waals surface area contributed by atoms with Crippen LogP contribution in [-0.2, 0) is 9.59 Å². The summed E-state index contributed by atoms with van der Waals surface area (Å²) >= 11 is 4.42. The first-order valence-electron chi connectivity index (χ1n) is 5.91. The third-order valence-corrected chi connectivity index (χ3v) is 4.06. The monoisotopic (exact) mass is 386 g/mol. The van der Waals surface area contributed by atoms with Crippen LogP contribution in [0.1, 0.15) is 5.56 Å². The van der Waals surface area contributed by atoms with Gasteiger partial charge in [-0.15, -0.1) is 0 Å². The lowest BCUT2D eigenvalue weighted by atomic mass is 10.2. The Morgan fingerprint density at radius 2 is 2.23 bits per heavy atom. The zero-order chi connectivity index (χ0) is 16.3. The number of thioether (sulfide) groups is 1. The number of benzene rings is 1. The van der Waals surface area contributed by atoms with Gasteiger partial charge in [-0.25, -0.2) is 4.79 Å². The zero-order valence-electron chi connectivity index (χ0n) is 11.3. The molecule has 7 nitrogen and oxygen atoms in total. The van der Waals surface area contributed by atoms with Gasteiger partial charge in [0.25, 0.3) is 5.91 Å².